The number of hydrogen-bond donors (Lipinski definition) is 0. The molecule has 5 nitrogen and oxygen atoms in total. The number of benzene rings is 1. The first kappa shape index (κ1) is 18.6. The van der Waals surface area contributed by atoms with Gasteiger partial charge in [0.15, 0.2) is 17.4 Å². The van der Waals surface area contributed by atoms with Crippen molar-refractivity contribution in [2.45, 2.75) is 43.9 Å². The number of pyridine rings is 1. The van der Waals surface area contributed by atoms with Gasteiger partial charge < -0.3 is 14.4 Å². The zero-order valence-corrected chi connectivity index (χ0v) is 15.2. The van der Waals surface area contributed by atoms with Crippen LogP contribution in [0.25, 0.3) is 0 Å². The third-order valence-electron chi connectivity index (χ3n) is 5.43. The summed E-state index contributed by atoms with van der Waals surface area (Å²) in [6.07, 6.45) is 5.90. The van der Waals surface area contributed by atoms with Crippen LogP contribution in [0.2, 0.25) is 0 Å². The molecule has 0 unspecified atom stereocenters. The van der Waals surface area contributed by atoms with Crippen molar-refractivity contribution in [3.63, 3.8) is 0 Å². The zero-order valence-electron chi connectivity index (χ0n) is 15.2. The van der Waals surface area contributed by atoms with Gasteiger partial charge in [-0.25, -0.2) is 8.78 Å². The monoisotopic (exact) mass is 392 g/mol. The van der Waals surface area contributed by atoms with Crippen LogP contribution in [0.15, 0.2) is 30.6 Å². The van der Waals surface area contributed by atoms with E-state index in [9.17, 15) is 18.0 Å². The average Bonchev–Trinajstić information content (AvgIpc) is 2.96. The van der Waals surface area contributed by atoms with E-state index in [1.54, 1.807) is 29.4 Å². The molecule has 2 aliphatic rings. The summed E-state index contributed by atoms with van der Waals surface area (Å²) in [4.78, 5) is 18.5. The van der Waals surface area contributed by atoms with E-state index in [-0.39, 0.29) is 18.2 Å². The number of hydrogen-bond acceptors (Lipinski definition) is 4. The van der Waals surface area contributed by atoms with Gasteiger partial charge in [-0.3, -0.25) is 9.78 Å². The molecule has 1 aromatic heterocycles. The molecule has 0 radical (unpaired) electrons. The van der Waals surface area contributed by atoms with Gasteiger partial charge in [-0.15, -0.1) is 0 Å². The molecule has 2 saturated heterocycles. The molecule has 0 saturated carbocycles. The minimum atomic E-state index is -1.44. The topological polar surface area (TPSA) is 51.7 Å². The van der Waals surface area contributed by atoms with Gasteiger partial charge in [0.25, 0.3) is 5.91 Å². The Morgan fingerprint density at radius 1 is 1.11 bits per heavy atom. The molecule has 0 N–H and O–H groups in total. The highest BCUT2D eigenvalue weighted by atomic mass is 19.2. The van der Waals surface area contributed by atoms with Gasteiger partial charge in [0.2, 0.25) is 5.82 Å². The number of carbonyl (C=O) groups is 1. The van der Waals surface area contributed by atoms with Gasteiger partial charge in [0, 0.05) is 37.3 Å². The molecule has 2 aromatic rings. The Bertz CT molecular complexity index is 880. The summed E-state index contributed by atoms with van der Waals surface area (Å²) >= 11 is 0. The summed E-state index contributed by atoms with van der Waals surface area (Å²) in [6.45, 7) is 0. The molecule has 3 heterocycles. The van der Waals surface area contributed by atoms with E-state index in [1.165, 1.54) is 0 Å². The number of piperidine rings is 1. The molecule has 0 spiro atoms. The Balaban J connectivity index is 1.55. The van der Waals surface area contributed by atoms with Crippen molar-refractivity contribution in [2.75, 3.05) is 7.11 Å². The number of aromatic nitrogens is 1. The highest BCUT2D eigenvalue weighted by Gasteiger charge is 2.45. The number of methoxy groups -OCH3 is 1. The molecular weight excluding hydrogens is 373 g/mol. The molecule has 1 amide bonds. The van der Waals surface area contributed by atoms with Crippen molar-refractivity contribution in [2.24, 2.45) is 0 Å². The fourth-order valence-electron chi connectivity index (χ4n) is 4.22. The third-order valence-corrected chi connectivity index (χ3v) is 5.43. The van der Waals surface area contributed by atoms with E-state index < -0.39 is 34.7 Å². The van der Waals surface area contributed by atoms with Crippen LogP contribution in [0.4, 0.5) is 13.2 Å². The zero-order chi connectivity index (χ0) is 19.8. The van der Waals surface area contributed by atoms with Crippen LogP contribution >= 0.6 is 0 Å². The molecule has 0 aliphatic carbocycles. The van der Waals surface area contributed by atoms with E-state index >= 15 is 0 Å². The predicted molar refractivity (Wildman–Crippen MR) is 93.7 cm³/mol. The summed E-state index contributed by atoms with van der Waals surface area (Å²) in [5.74, 6) is -4.76. The van der Waals surface area contributed by atoms with Crippen LogP contribution in [0, 0.1) is 17.5 Å². The van der Waals surface area contributed by atoms with Crippen molar-refractivity contribution in [3.8, 4) is 11.5 Å². The number of nitrogens with zero attached hydrogens (tertiary/aromatic N) is 2. The van der Waals surface area contributed by atoms with Crippen LogP contribution in [0.5, 0.6) is 11.5 Å². The second kappa shape index (κ2) is 7.33. The number of rotatable bonds is 4. The van der Waals surface area contributed by atoms with Crippen LogP contribution in [0.3, 0.4) is 0 Å². The minimum absolute atomic E-state index is 0.0757. The van der Waals surface area contributed by atoms with Crippen LogP contribution in [-0.4, -0.2) is 41.1 Å². The quantitative estimate of drug-likeness (QED) is 0.745. The van der Waals surface area contributed by atoms with Gasteiger partial charge in [-0.05, 0) is 31.0 Å². The van der Waals surface area contributed by atoms with Crippen molar-refractivity contribution in [3.05, 3.63) is 53.6 Å². The second-order valence-electron chi connectivity index (χ2n) is 7.06. The lowest BCUT2D eigenvalue weighted by atomic mass is 9.98. The Morgan fingerprint density at radius 3 is 2.36 bits per heavy atom. The molecule has 1 aromatic carbocycles. The Labute approximate surface area is 160 Å². The summed E-state index contributed by atoms with van der Waals surface area (Å²) in [6, 6.07) is 3.85. The van der Waals surface area contributed by atoms with Gasteiger partial charge in [-0.1, -0.05) is 0 Å². The highest BCUT2D eigenvalue weighted by molar-refractivity contribution is 5.95. The first-order valence-electron chi connectivity index (χ1n) is 9.10. The van der Waals surface area contributed by atoms with Crippen molar-refractivity contribution < 1.29 is 27.4 Å². The molecule has 4 rings (SSSR count). The second-order valence-corrected chi connectivity index (χ2v) is 7.06. The van der Waals surface area contributed by atoms with E-state index in [1.807, 2.05) is 0 Å². The van der Waals surface area contributed by atoms with Crippen molar-refractivity contribution >= 4 is 5.91 Å². The summed E-state index contributed by atoms with van der Waals surface area (Å²) < 4.78 is 52.7. The maximum Gasteiger partial charge on any atom is 0.257 e. The summed E-state index contributed by atoms with van der Waals surface area (Å²) in [5.41, 5.74) is -0.513. The van der Waals surface area contributed by atoms with E-state index in [2.05, 4.69) is 9.72 Å². The van der Waals surface area contributed by atoms with Gasteiger partial charge in [0.05, 0.1) is 12.7 Å². The summed E-state index contributed by atoms with van der Waals surface area (Å²) in [7, 11) is 1.03. The smallest absolute Gasteiger partial charge is 0.257 e. The molecule has 2 fully saturated rings. The Morgan fingerprint density at radius 2 is 1.75 bits per heavy atom. The normalized spacial score (nSPS) is 23.6. The maximum absolute atomic E-state index is 14.5. The summed E-state index contributed by atoms with van der Waals surface area (Å²) in [5, 5.41) is 0. The van der Waals surface area contributed by atoms with Crippen LogP contribution in [-0.2, 0) is 0 Å². The SMILES string of the molecule is COc1c(F)c(F)cc(C(=O)N2[C@H]3CC[C@H]2CC(Oc2ccncc2)C3)c1F. The molecule has 2 aliphatic heterocycles. The first-order chi connectivity index (χ1) is 13.5. The van der Waals surface area contributed by atoms with Crippen molar-refractivity contribution in [1.29, 1.82) is 0 Å². The van der Waals surface area contributed by atoms with E-state index in [4.69, 9.17) is 4.74 Å². The number of halogens is 3. The average molecular weight is 392 g/mol. The lowest BCUT2D eigenvalue weighted by molar-refractivity contribution is 0.0354. The fourth-order valence-corrected chi connectivity index (χ4v) is 4.22. The van der Waals surface area contributed by atoms with Crippen LogP contribution < -0.4 is 9.47 Å². The molecule has 8 heteroatoms. The number of carbonyl (C=O) groups excluding carboxylic acids is 1. The van der Waals surface area contributed by atoms with E-state index in [0.29, 0.717) is 24.7 Å². The highest BCUT2D eigenvalue weighted by Crippen LogP contribution is 2.39. The maximum atomic E-state index is 14.5. The largest absolute Gasteiger partial charge is 0.491 e. The van der Waals surface area contributed by atoms with E-state index in [0.717, 1.165) is 20.0 Å². The lowest BCUT2D eigenvalue weighted by Gasteiger charge is -2.39. The number of amides is 1. The molecule has 2 bridgehead atoms. The standard InChI is InChI=1S/C20H19F3N2O3/c1-27-19-17(22)15(10-16(21)18(19)23)20(26)25-11-2-3-12(25)9-14(8-11)28-13-4-6-24-7-5-13/h4-7,10-12,14H,2-3,8-9H2,1H3/t11-,12-/m0/s1. The predicted octanol–water partition coefficient (Wildman–Crippen LogP) is 3.72. The van der Waals surface area contributed by atoms with Gasteiger partial charge in [-0.2, -0.15) is 4.39 Å². The number of fused-ring (bicyclic) bond motifs is 2. The Kier molecular flexibility index (Phi) is 4.87. The lowest BCUT2D eigenvalue weighted by Crippen LogP contribution is -2.49. The Hall–Kier alpha value is -2.77. The number of ether oxygens (including phenoxy) is 2. The molecular formula is C20H19F3N2O3. The minimum Gasteiger partial charge on any atom is -0.491 e. The fraction of sp³-hybridized carbons (Fsp3) is 0.400. The molecule has 148 valence electrons. The van der Waals surface area contributed by atoms with Crippen molar-refractivity contribution in [1.82, 2.24) is 9.88 Å². The van der Waals surface area contributed by atoms with Crippen LogP contribution in [0.1, 0.15) is 36.0 Å². The third kappa shape index (κ3) is 3.16. The first-order valence-corrected chi connectivity index (χ1v) is 9.10. The van der Waals surface area contributed by atoms with Gasteiger partial charge in [0.1, 0.15) is 11.9 Å². The molecule has 2 atom stereocenters. The van der Waals surface area contributed by atoms with Gasteiger partial charge >= 0.3 is 0 Å². The molecule has 28 heavy (non-hydrogen) atoms.